The van der Waals surface area contributed by atoms with Gasteiger partial charge in [-0.05, 0) is 42.3 Å². The van der Waals surface area contributed by atoms with E-state index in [4.69, 9.17) is 0 Å². The van der Waals surface area contributed by atoms with E-state index in [-0.39, 0.29) is 42.4 Å². The van der Waals surface area contributed by atoms with Crippen LogP contribution in [0.4, 0.5) is 4.39 Å². The first-order valence-electron chi connectivity index (χ1n) is 12.1. The van der Waals surface area contributed by atoms with Crippen LogP contribution in [-0.4, -0.2) is 44.7 Å². The van der Waals surface area contributed by atoms with Gasteiger partial charge in [-0.15, -0.1) is 0 Å². The molecule has 0 saturated carbocycles. The van der Waals surface area contributed by atoms with Gasteiger partial charge in [0.1, 0.15) is 5.82 Å². The van der Waals surface area contributed by atoms with Gasteiger partial charge in [-0.2, -0.15) is 0 Å². The highest BCUT2D eigenvalue weighted by Crippen LogP contribution is 2.49. The lowest BCUT2D eigenvalue weighted by molar-refractivity contribution is -0.127. The molecule has 4 atom stereocenters. The molecule has 0 radical (unpaired) electrons. The third-order valence-electron chi connectivity index (χ3n) is 7.32. The maximum absolute atomic E-state index is 14.6. The number of fused-ring (bicyclic) bond motifs is 4. The lowest BCUT2D eigenvalue weighted by atomic mass is 9.86. The second-order valence-corrected chi connectivity index (χ2v) is 9.26. The van der Waals surface area contributed by atoms with Crippen LogP contribution in [0.25, 0.3) is 11.1 Å². The minimum Gasteiger partial charge on any atom is -0.396 e. The summed E-state index contributed by atoms with van der Waals surface area (Å²) < 4.78 is 16.3. The molecular formula is C27H29FN4O3. The Labute approximate surface area is 203 Å². The van der Waals surface area contributed by atoms with Crippen molar-refractivity contribution in [1.82, 2.24) is 19.8 Å². The number of rotatable bonds is 7. The number of benzene rings is 1. The molecule has 2 aliphatic rings. The first-order chi connectivity index (χ1) is 17.0. The quantitative estimate of drug-likeness (QED) is 0.548. The monoisotopic (exact) mass is 476 g/mol. The van der Waals surface area contributed by atoms with Crippen LogP contribution < -0.4 is 10.9 Å². The number of aliphatic hydroxyl groups excluding tert-OH is 1. The number of nitrogens with zero attached hydrogens (tertiary/aromatic N) is 3. The summed E-state index contributed by atoms with van der Waals surface area (Å²) in [6, 6.07) is 13.1. The molecule has 1 saturated heterocycles. The standard InChI is InChI=1S/C27H29FN4O3/c1-2-11-30-26(34)24-20(16-33)23-15-32-22(8-7-19(27(32)35)17-9-12-29-13-10-17)25(24)31(23)14-18-5-3-4-6-21(18)28/h3-10,12-13,20,23-25,33H,2,11,14-16H2,1H3,(H,30,34)/t20-,23-,24+,25+/m0/s1. The summed E-state index contributed by atoms with van der Waals surface area (Å²) in [4.78, 5) is 33.1. The van der Waals surface area contributed by atoms with Crippen LogP contribution in [-0.2, 0) is 17.9 Å². The maximum Gasteiger partial charge on any atom is 0.258 e. The number of aliphatic hydroxyl groups is 1. The first kappa shape index (κ1) is 23.4. The van der Waals surface area contributed by atoms with Gasteiger partial charge in [-0.25, -0.2) is 4.39 Å². The summed E-state index contributed by atoms with van der Waals surface area (Å²) in [5.74, 6) is -1.39. The highest BCUT2D eigenvalue weighted by molar-refractivity contribution is 5.80. The van der Waals surface area contributed by atoms with Crippen molar-refractivity contribution in [2.45, 2.75) is 38.5 Å². The summed E-state index contributed by atoms with van der Waals surface area (Å²) in [6.07, 6.45) is 4.09. The lowest BCUT2D eigenvalue weighted by Crippen LogP contribution is -2.46. The molecule has 2 aromatic heterocycles. The SMILES string of the molecule is CCCNC(=O)[C@@H]1[C@@H](CO)[C@@H]2Cn3c(ccc(-c4ccncc4)c3=O)[C@H]1N2Cc1ccccc1F. The largest absolute Gasteiger partial charge is 0.396 e. The fraction of sp³-hybridized carbons (Fsp3) is 0.370. The molecule has 2 N–H and O–H groups in total. The van der Waals surface area contributed by atoms with Gasteiger partial charge in [-0.3, -0.25) is 19.5 Å². The molecule has 0 spiro atoms. The number of pyridine rings is 2. The molecule has 5 rings (SSSR count). The van der Waals surface area contributed by atoms with Crippen molar-refractivity contribution in [3.8, 4) is 11.1 Å². The van der Waals surface area contributed by atoms with Crippen LogP contribution in [0.2, 0.25) is 0 Å². The number of nitrogens with one attached hydrogen (secondary N) is 1. The van der Waals surface area contributed by atoms with Crippen LogP contribution >= 0.6 is 0 Å². The van der Waals surface area contributed by atoms with Crippen LogP contribution in [0, 0.1) is 17.7 Å². The highest BCUT2D eigenvalue weighted by Gasteiger charge is 2.55. The predicted molar refractivity (Wildman–Crippen MR) is 130 cm³/mol. The van der Waals surface area contributed by atoms with Crippen molar-refractivity contribution in [1.29, 1.82) is 0 Å². The first-order valence-corrected chi connectivity index (χ1v) is 12.1. The summed E-state index contributed by atoms with van der Waals surface area (Å²) in [7, 11) is 0. The van der Waals surface area contributed by atoms with E-state index in [0.717, 1.165) is 12.0 Å². The molecule has 1 fully saturated rings. The lowest BCUT2D eigenvalue weighted by Gasteiger charge is -2.38. The summed E-state index contributed by atoms with van der Waals surface area (Å²) >= 11 is 0. The summed E-state index contributed by atoms with van der Waals surface area (Å²) in [6.45, 7) is 2.93. The van der Waals surface area contributed by atoms with Gasteiger partial charge in [-0.1, -0.05) is 25.1 Å². The summed E-state index contributed by atoms with van der Waals surface area (Å²) in [5.41, 5.74) is 2.44. The van der Waals surface area contributed by atoms with Gasteiger partial charge in [0.2, 0.25) is 5.91 Å². The van der Waals surface area contributed by atoms with Crippen LogP contribution in [0.3, 0.4) is 0 Å². The third kappa shape index (κ3) is 4.06. The van der Waals surface area contributed by atoms with Crippen molar-refractivity contribution >= 4 is 5.91 Å². The molecule has 4 heterocycles. The Kier molecular flexibility index (Phi) is 6.49. The Bertz CT molecular complexity index is 1280. The van der Waals surface area contributed by atoms with Gasteiger partial charge < -0.3 is 15.0 Å². The molecule has 0 aliphatic carbocycles. The Morgan fingerprint density at radius 3 is 2.66 bits per heavy atom. The maximum atomic E-state index is 14.6. The fourth-order valence-electron chi connectivity index (χ4n) is 5.68. The van der Waals surface area contributed by atoms with Crippen molar-refractivity contribution in [2.75, 3.05) is 13.2 Å². The van der Waals surface area contributed by atoms with E-state index in [1.54, 1.807) is 53.4 Å². The number of carbonyl (C=O) groups excluding carboxylic acids is 1. The van der Waals surface area contributed by atoms with Crippen LogP contribution in [0.1, 0.15) is 30.6 Å². The van der Waals surface area contributed by atoms with Gasteiger partial charge in [0.25, 0.3) is 5.56 Å². The van der Waals surface area contributed by atoms with E-state index in [1.165, 1.54) is 6.07 Å². The minimum absolute atomic E-state index is 0.138. The topological polar surface area (TPSA) is 87.5 Å². The van der Waals surface area contributed by atoms with Gasteiger partial charge in [0.05, 0.1) is 12.0 Å². The van der Waals surface area contributed by atoms with E-state index in [0.29, 0.717) is 29.9 Å². The predicted octanol–water partition coefficient (Wildman–Crippen LogP) is 2.74. The van der Waals surface area contributed by atoms with E-state index in [1.807, 2.05) is 13.0 Å². The molecule has 7 nitrogen and oxygen atoms in total. The van der Waals surface area contributed by atoms with Gasteiger partial charge >= 0.3 is 0 Å². The van der Waals surface area contributed by atoms with E-state index in [9.17, 15) is 19.1 Å². The molecule has 1 aromatic carbocycles. The van der Waals surface area contributed by atoms with Crippen molar-refractivity contribution in [3.05, 3.63) is 88.4 Å². The van der Waals surface area contributed by atoms with Crippen LogP contribution in [0.5, 0.6) is 0 Å². The third-order valence-corrected chi connectivity index (χ3v) is 7.32. The molecule has 1 amide bonds. The Hall–Kier alpha value is -3.36. The average Bonchev–Trinajstić information content (AvgIpc) is 3.08. The zero-order valence-corrected chi connectivity index (χ0v) is 19.6. The Morgan fingerprint density at radius 2 is 1.94 bits per heavy atom. The van der Waals surface area contributed by atoms with Crippen molar-refractivity contribution in [3.63, 3.8) is 0 Å². The smallest absolute Gasteiger partial charge is 0.258 e. The molecule has 182 valence electrons. The summed E-state index contributed by atoms with van der Waals surface area (Å²) in [5, 5.41) is 13.4. The molecule has 35 heavy (non-hydrogen) atoms. The molecular weight excluding hydrogens is 447 g/mol. The van der Waals surface area contributed by atoms with E-state index in [2.05, 4.69) is 15.2 Å². The van der Waals surface area contributed by atoms with Gasteiger partial charge in [0, 0.05) is 67.4 Å². The highest BCUT2D eigenvalue weighted by atomic mass is 19.1. The zero-order valence-electron chi connectivity index (χ0n) is 19.6. The second-order valence-electron chi connectivity index (χ2n) is 9.26. The Morgan fingerprint density at radius 1 is 1.17 bits per heavy atom. The number of amides is 1. The fourth-order valence-corrected chi connectivity index (χ4v) is 5.68. The number of hydrogen-bond donors (Lipinski definition) is 2. The molecule has 3 aromatic rings. The van der Waals surface area contributed by atoms with Crippen molar-refractivity contribution < 1.29 is 14.3 Å². The number of halogens is 1. The number of aromatic nitrogens is 2. The van der Waals surface area contributed by atoms with E-state index >= 15 is 0 Å². The van der Waals surface area contributed by atoms with E-state index < -0.39 is 12.0 Å². The number of carbonyl (C=O) groups is 1. The zero-order chi connectivity index (χ0) is 24.5. The van der Waals surface area contributed by atoms with Gasteiger partial charge in [0.15, 0.2) is 0 Å². The normalized spacial score (nSPS) is 23.2. The molecule has 2 aliphatic heterocycles. The molecule has 2 bridgehead atoms. The minimum atomic E-state index is -0.553. The van der Waals surface area contributed by atoms with Crippen molar-refractivity contribution in [2.24, 2.45) is 11.8 Å². The molecule has 0 unspecified atom stereocenters. The Balaban J connectivity index is 1.62. The number of hydrogen-bond acceptors (Lipinski definition) is 5. The average molecular weight is 477 g/mol. The molecule has 8 heteroatoms. The van der Waals surface area contributed by atoms with Crippen LogP contribution in [0.15, 0.2) is 65.7 Å². The second kappa shape index (κ2) is 9.71.